The maximum Gasteiger partial charge on any atom is 0.472 e. The SMILES string of the molecule is CCCCCCCCCCCCCCCCCCCCCCCCCCCCCCCCCCCCC(=O)O[C@H](COCCCCCCCCCCCCCCCCCCCCCC)COP(=O)(O)OC1C(O)C(O)C(O)[C@@H](O)C1O. The second-order valence-corrected chi connectivity index (χ2v) is 26.5. The van der Waals surface area contributed by atoms with Crippen molar-refractivity contribution in [2.75, 3.05) is 19.8 Å². The summed E-state index contributed by atoms with van der Waals surface area (Å²) in [4.78, 5) is 23.4. The number of aliphatic hydroxyl groups is 5. The zero-order valence-corrected chi connectivity index (χ0v) is 54.0. The predicted molar refractivity (Wildman–Crippen MR) is 337 cm³/mol. The average Bonchev–Trinajstić information content (AvgIpc) is 3.48. The molecule has 0 bridgehead atoms. The molecule has 1 aliphatic rings. The second kappa shape index (κ2) is 58.4. The highest BCUT2D eigenvalue weighted by Gasteiger charge is 2.51. The van der Waals surface area contributed by atoms with E-state index < -0.39 is 63.1 Å². The molecule has 8 atom stereocenters. The number of ether oxygens (including phenoxy) is 2. The molecule has 0 aromatic carbocycles. The van der Waals surface area contributed by atoms with Crippen molar-refractivity contribution < 1.29 is 58.3 Å². The van der Waals surface area contributed by atoms with E-state index in [9.17, 15) is 39.8 Å². The molecule has 81 heavy (non-hydrogen) atoms. The predicted octanol–water partition coefficient (Wildman–Crippen LogP) is 18.7. The van der Waals surface area contributed by atoms with Crippen LogP contribution in [0.25, 0.3) is 0 Å². The van der Waals surface area contributed by atoms with Crippen molar-refractivity contribution in [3.05, 3.63) is 0 Å². The highest BCUT2D eigenvalue weighted by Crippen LogP contribution is 2.47. The minimum absolute atomic E-state index is 0.0666. The van der Waals surface area contributed by atoms with Crippen LogP contribution in [0.2, 0.25) is 0 Å². The van der Waals surface area contributed by atoms with E-state index >= 15 is 0 Å². The molecule has 6 unspecified atom stereocenters. The minimum atomic E-state index is -5.02. The van der Waals surface area contributed by atoms with Crippen LogP contribution in [0.4, 0.5) is 0 Å². The molecule has 0 radical (unpaired) electrons. The molecule has 1 saturated carbocycles. The number of esters is 1. The van der Waals surface area contributed by atoms with Crippen molar-refractivity contribution in [3.8, 4) is 0 Å². The van der Waals surface area contributed by atoms with Crippen molar-refractivity contribution in [1.82, 2.24) is 0 Å². The first-order chi connectivity index (χ1) is 39.5. The summed E-state index contributed by atoms with van der Waals surface area (Å²) in [5.41, 5.74) is 0. The van der Waals surface area contributed by atoms with Crippen LogP contribution in [-0.4, -0.2) is 98.9 Å². The Morgan fingerprint density at radius 1 is 0.346 bits per heavy atom. The number of rotatable bonds is 64. The fourth-order valence-electron chi connectivity index (χ4n) is 11.7. The van der Waals surface area contributed by atoms with E-state index in [2.05, 4.69) is 13.8 Å². The molecule has 1 fully saturated rings. The molecule has 0 heterocycles. The normalized spacial score (nSPS) is 19.6. The molecule has 13 heteroatoms. The number of carbonyl (C=O) groups is 1. The number of hydrogen-bond donors (Lipinski definition) is 6. The lowest BCUT2D eigenvalue weighted by Crippen LogP contribution is -2.64. The molecule has 12 nitrogen and oxygen atoms in total. The van der Waals surface area contributed by atoms with E-state index in [1.54, 1.807) is 0 Å². The third-order valence-electron chi connectivity index (χ3n) is 17.2. The Bertz CT molecular complexity index is 1340. The van der Waals surface area contributed by atoms with Crippen molar-refractivity contribution in [2.24, 2.45) is 0 Å². The molecule has 0 aliphatic heterocycles. The van der Waals surface area contributed by atoms with E-state index in [-0.39, 0.29) is 13.0 Å². The zero-order valence-electron chi connectivity index (χ0n) is 53.1. The number of aliphatic hydroxyl groups excluding tert-OH is 5. The van der Waals surface area contributed by atoms with E-state index in [0.29, 0.717) is 13.0 Å². The van der Waals surface area contributed by atoms with Gasteiger partial charge in [-0.15, -0.1) is 0 Å². The van der Waals surface area contributed by atoms with Crippen molar-refractivity contribution in [2.45, 2.75) is 410 Å². The summed E-state index contributed by atoms with van der Waals surface area (Å²) in [5, 5.41) is 50.6. The summed E-state index contributed by atoms with van der Waals surface area (Å²) in [5.74, 6) is -0.464. The summed E-state index contributed by atoms with van der Waals surface area (Å²) in [7, 11) is -5.02. The molecular weight excluding hydrogens is 1040 g/mol. The largest absolute Gasteiger partial charge is 0.472 e. The molecule has 0 aromatic rings. The Hall–Kier alpha value is -0.660. The highest BCUT2D eigenvalue weighted by molar-refractivity contribution is 7.47. The van der Waals surface area contributed by atoms with Crippen LogP contribution in [0.1, 0.15) is 367 Å². The van der Waals surface area contributed by atoms with Gasteiger partial charge in [-0.3, -0.25) is 13.8 Å². The number of phosphoric ester groups is 1. The number of unbranched alkanes of at least 4 members (excludes halogenated alkanes) is 52. The lowest BCUT2D eigenvalue weighted by atomic mass is 9.85. The summed E-state index contributed by atoms with van der Waals surface area (Å²) < 4.78 is 34.6. The van der Waals surface area contributed by atoms with Gasteiger partial charge in [0.2, 0.25) is 0 Å². The highest BCUT2D eigenvalue weighted by atomic mass is 31.2. The molecule has 1 rings (SSSR count). The first-order valence-corrected chi connectivity index (χ1v) is 36.9. The maximum absolute atomic E-state index is 12.9. The van der Waals surface area contributed by atoms with Gasteiger partial charge >= 0.3 is 13.8 Å². The van der Waals surface area contributed by atoms with Crippen molar-refractivity contribution in [3.63, 3.8) is 0 Å². The van der Waals surface area contributed by atoms with Gasteiger partial charge in [0.25, 0.3) is 0 Å². The Kier molecular flexibility index (Phi) is 56.5. The van der Waals surface area contributed by atoms with Crippen LogP contribution in [-0.2, 0) is 27.9 Å². The van der Waals surface area contributed by atoms with E-state index in [1.165, 1.54) is 302 Å². The van der Waals surface area contributed by atoms with Crippen molar-refractivity contribution in [1.29, 1.82) is 0 Å². The average molecular weight is 1180 g/mol. The smallest absolute Gasteiger partial charge is 0.457 e. The first kappa shape index (κ1) is 78.4. The van der Waals surface area contributed by atoms with Crippen LogP contribution in [0.5, 0.6) is 0 Å². The van der Waals surface area contributed by atoms with Crippen molar-refractivity contribution >= 4 is 13.8 Å². The minimum Gasteiger partial charge on any atom is -0.457 e. The molecule has 0 amide bonds. The Labute approximate surface area is 499 Å². The molecule has 0 saturated heterocycles. The quantitative estimate of drug-likeness (QED) is 0.0192. The topological polar surface area (TPSA) is 192 Å². The fourth-order valence-corrected chi connectivity index (χ4v) is 12.7. The van der Waals surface area contributed by atoms with Gasteiger partial charge in [0.15, 0.2) is 0 Å². The van der Waals surface area contributed by atoms with E-state index in [1.807, 2.05) is 0 Å². The Morgan fingerprint density at radius 3 is 0.852 bits per heavy atom. The van der Waals surface area contributed by atoms with Gasteiger partial charge in [0, 0.05) is 13.0 Å². The third-order valence-corrected chi connectivity index (χ3v) is 18.2. The summed E-state index contributed by atoms with van der Waals surface area (Å²) in [6.07, 6.45) is 59.3. The van der Waals surface area contributed by atoms with Gasteiger partial charge in [-0.1, -0.05) is 348 Å². The summed E-state index contributed by atoms with van der Waals surface area (Å²) in [6, 6.07) is 0. The standard InChI is InChI=1S/C68H135O12P/c1-3-5-7-9-11-13-15-17-19-21-23-25-26-27-28-29-30-31-32-33-34-35-36-37-38-39-41-43-45-47-49-51-53-55-57-62(69)79-61(60-78-81(75,76)80-68-66(73)64(71)63(70)65(72)67(68)74)59-77-58-56-54-52-50-48-46-44-42-40-24-22-20-18-16-14-12-10-8-6-4-2/h61,63-68,70-74H,3-60H2,1-2H3,(H,75,76)/t61-,63?,64-,65?,66?,67?,68?/m1/s1. The molecule has 0 spiro atoms. The van der Waals surface area contributed by atoms with Crippen LogP contribution in [0.15, 0.2) is 0 Å². The van der Waals surface area contributed by atoms with Gasteiger partial charge in [-0.2, -0.15) is 0 Å². The van der Waals surface area contributed by atoms with Gasteiger partial charge < -0.3 is 39.9 Å². The number of carbonyl (C=O) groups excluding carboxylic acids is 1. The molecule has 484 valence electrons. The maximum atomic E-state index is 12.9. The summed E-state index contributed by atoms with van der Waals surface area (Å²) >= 11 is 0. The number of hydrogen-bond acceptors (Lipinski definition) is 11. The zero-order chi connectivity index (χ0) is 59.0. The summed E-state index contributed by atoms with van der Waals surface area (Å²) in [6.45, 7) is 4.37. The molecular formula is C68H135O12P. The van der Waals surface area contributed by atoms with Gasteiger partial charge in [-0.25, -0.2) is 4.57 Å². The molecule has 1 aliphatic carbocycles. The Balaban J connectivity index is 2.12. The number of phosphoric acid groups is 1. The Morgan fingerprint density at radius 2 is 0.580 bits per heavy atom. The fraction of sp³-hybridized carbons (Fsp3) is 0.985. The van der Waals surface area contributed by atoms with Gasteiger partial charge in [0.1, 0.15) is 42.7 Å². The van der Waals surface area contributed by atoms with Gasteiger partial charge in [0.05, 0.1) is 13.2 Å². The van der Waals surface area contributed by atoms with E-state index in [4.69, 9.17) is 18.5 Å². The molecule has 0 aromatic heterocycles. The lowest BCUT2D eigenvalue weighted by Gasteiger charge is -2.41. The van der Waals surface area contributed by atoms with E-state index in [0.717, 1.165) is 38.5 Å². The van der Waals surface area contributed by atoms with Crippen LogP contribution in [0, 0.1) is 0 Å². The second-order valence-electron chi connectivity index (χ2n) is 25.1. The van der Waals surface area contributed by atoms with Crippen LogP contribution in [0.3, 0.4) is 0 Å². The van der Waals surface area contributed by atoms with Crippen LogP contribution >= 0.6 is 7.82 Å². The third kappa shape index (κ3) is 49.1. The van der Waals surface area contributed by atoms with Gasteiger partial charge in [-0.05, 0) is 12.8 Å². The molecule has 6 N–H and O–H groups in total. The first-order valence-electron chi connectivity index (χ1n) is 35.4. The lowest BCUT2D eigenvalue weighted by molar-refractivity contribution is -0.220. The monoisotopic (exact) mass is 1170 g/mol. The van der Waals surface area contributed by atoms with Crippen LogP contribution < -0.4 is 0 Å².